The average Bonchev–Trinajstić information content (AvgIpc) is 3.71. The van der Waals surface area contributed by atoms with Crippen LogP contribution in [0.15, 0.2) is 12.3 Å². The Morgan fingerprint density at radius 3 is 2.64 bits per heavy atom. The lowest BCUT2D eigenvalue weighted by atomic mass is 10.1. The van der Waals surface area contributed by atoms with Crippen LogP contribution in [0, 0.1) is 5.92 Å². The third kappa shape index (κ3) is 5.34. The summed E-state index contributed by atoms with van der Waals surface area (Å²) in [6, 6.07) is 0.870. The van der Waals surface area contributed by atoms with Crippen molar-refractivity contribution in [3.05, 3.63) is 28.5 Å². The topological polar surface area (TPSA) is 107 Å². The van der Waals surface area contributed by atoms with Gasteiger partial charge in [0.05, 0.1) is 16.0 Å². The smallest absolute Gasteiger partial charge is 0.388 e. The highest BCUT2D eigenvalue weighted by molar-refractivity contribution is 7.17. The molecule has 12 heteroatoms. The second-order valence-electron chi connectivity index (χ2n) is 10.0. The highest BCUT2D eigenvalue weighted by atomic mass is 32.1. The number of likely N-dealkylation sites (tertiary alicyclic amines) is 1. The number of nitrogens with zero attached hydrogens (tertiary/aromatic N) is 3. The maximum Gasteiger partial charge on any atom is 0.417 e. The Morgan fingerprint density at radius 2 is 2.03 bits per heavy atom. The van der Waals surface area contributed by atoms with Crippen LogP contribution in [0.3, 0.4) is 0 Å². The number of aromatic nitrogens is 2. The molecule has 0 bridgehead atoms. The van der Waals surface area contributed by atoms with E-state index in [1.807, 2.05) is 6.92 Å². The van der Waals surface area contributed by atoms with E-state index in [1.54, 1.807) is 4.90 Å². The second-order valence-corrected chi connectivity index (χ2v) is 11.0. The van der Waals surface area contributed by atoms with Gasteiger partial charge in [0.1, 0.15) is 11.5 Å². The van der Waals surface area contributed by atoms with Crippen molar-refractivity contribution < 1.29 is 27.9 Å². The summed E-state index contributed by atoms with van der Waals surface area (Å²) in [6.45, 7) is 2.92. The predicted octanol–water partition coefficient (Wildman–Crippen LogP) is 3.93. The average molecular weight is 524 g/mol. The number of amides is 2. The molecule has 36 heavy (non-hydrogen) atoms. The van der Waals surface area contributed by atoms with Crippen LogP contribution in [0.2, 0.25) is 0 Å². The van der Waals surface area contributed by atoms with Crippen LogP contribution in [-0.2, 0) is 6.18 Å². The third-order valence-corrected chi connectivity index (χ3v) is 8.05. The molecule has 1 unspecified atom stereocenters. The summed E-state index contributed by atoms with van der Waals surface area (Å²) < 4.78 is 42.5. The Morgan fingerprint density at radius 1 is 1.28 bits per heavy atom. The number of thiazole rings is 1. The van der Waals surface area contributed by atoms with E-state index in [2.05, 4.69) is 20.6 Å². The van der Waals surface area contributed by atoms with E-state index in [0.29, 0.717) is 31.8 Å². The van der Waals surface area contributed by atoms with Gasteiger partial charge in [0, 0.05) is 37.4 Å². The minimum absolute atomic E-state index is 0.0178. The summed E-state index contributed by atoms with van der Waals surface area (Å²) in [5.74, 6) is -0.586. The molecule has 1 atom stereocenters. The minimum atomic E-state index is -4.71. The van der Waals surface area contributed by atoms with Gasteiger partial charge in [0.2, 0.25) is 0 Å². The number of aliphatic hydroxyl groups is 1. The Bertz CT molecular complexity index is 1180. The Labute approximate surface area is 210 Å². The fourth-order valence-electron chi connectivity index (χ4n) is 4.30. The van der Waals surface area contributed by atoms with E-state index in [-0.39, 0.29) is 39.5 Å². The lowest BCUT2D eigenvalue weighted by molar-refractivity contribution is -0.137. The fourth-order valence-corrected chi connectivity index (χ4v) is 5.29. The molecule has 8 nitrogen and oxygen atoms in total. The van der Waals surface area contributed by atoms with Crippen LogP contribution >= 0.6 is 11.3 Å². The number of nitrogens with one attached hydrogen (secondary N) is 2. The Balaban J connectivity index is 1.52. The van der Waals surface area contributed by atoms with Gasteiger partial charge >= 0.3 is 6.18 Å². The first-order valence-electron chi connectivity index (χ1n) is 12.2. The van der Waals surface area contributed by atoms with E-state index < -0.39 is 29.2 Å². The number of hydrogen-bond acceptors (Lipinski definition) is 7. The molecule has 1 saturated heterocycles. The van der Waals surface area contributed by atoms with E-state index in [4.69, 9.17) is 0 Å². The molecule has 2 aromatic heterocycles. The van der Waals surface area contributed by atoms with Gasteiger partial charge in [-0.25, -0.2) is 9.97 Å². The molecule has 5 rings (SSSR count). The van der Waals surface area contributed by atoms with Crippen LogP contribution < -0.4 is 10.6 Å². The van der Waals surface area contributed by atoms with E-state index in [9.17, 15) is 27.9 Å². The van der Waals surface area contributed by atoms with Crippen molar-refractivity contribution in [3.8, 4) is 10.4 Å². The van der Waals surface area contributed by atoms with Crippen molar-refractivity contribution in [3.63, 3.8) is 0 Å². The van der Waals surface area contributed by atoms with E-state index in [0.717, 1.165) is 49.3 Å². The van der Waals surface area contributed by atoms with Crippen molar-refractivity contribution in [1.29, 1.82) is 0 Å². The second kappa shape index (κ2) is 9.29. The number of halogens is 3. The predicted molar refractivity (Wildman–Crippen MR) is 128 cm³/mol. The van der Waals surface area contributed by atoms with Crippen LogP contribution in [-0.4, -0.2) is 63.1 Å². The van der Waals surface area contributed by atoms with Gasteiger partial charge < -0.3 is 20.6 Å². The Hall–Kier alpha value is -2.73. The number of alkyl halides is 3. The lowest BCUT2D eigenvalue weighted by Gasteiger charge is -2.21. The number of pyridine rings is 1. The molecule has 2 amide bonds. The maximum atomic E-state index is 14.2. The molecule has 0 spiro atoms. The molecule has 3 fully saturated rings. The molecule has 0 radical (unpaired) electrons. The molecule has 1 aliphatic heterocycles. The van der Waals surface area contributed by atoms with Gasteiger partial charge in [0.25, 0.3) is 11.8 Å². The van der Waals surface area contributed by atoms with Crippen LogP contribution in [0.25, 0.3) is 10.4 Å². The molecule has 2 saturated carbocycles. The zero-order valence-corrected chi connectivity index (χ0v) is 20.6. The maximum absolute atomic E-state index is 14.2. The molecule has 2 aromatic rings. The number of hydrogen-bond donors (Lipinski definition) is 3. The van der Waals surface area contributed by atoms with Crippen molar-refractivity contribution >= 4 is 29.0 Å². The first kappa shape index (κ1) is 24.9. The summed E-state index contributed by atoms with van der Waals surface area (Å²) in [5.41, 5.74) is -2.36. The van der Waals surface area contributed by atoms with Crippen molar-refractivity contribution in [2.75, 3.05) is 25.0 Å². The van der Waals surface area contributed by atoms with Gasteiger partial charge in [-0.1, -0.05) is 0 Å². The molecule has 0 aromatic carbocycles. The largest absolute Gasteiger partial charge is 0.417 e. The van der Waals surface area contributed by atoms with Crippen LogP contribution in [0.4, 0.5) is 19.0 Å². The van der Waals surface area contributed by atoms with Gasteiger partial charge in [-0.3, -0.25) is 9.59 Å². The van der Waals surface area contributed by atoms with Gasteiger partial charge in [-0.15, -0.1) is 11.3 Å². The summed E-state index contributed by atoms with van der Waals surface area (Å²) in [6.07, 6.45) is 1.18. The highest BCUT2D eigenvalue weighted by Crippen LogP contribution is 2.42. The third-order valence-electron chi connectivity index (χ3n) is 6.97. The van der Waals surface area contributed by atoms with E-state index in [1.165, 1.54) is 0 Å². The first-order chi connectivity index (χ1) is 17.0. The van der Waals surface area contributed by atoms with Gasteiger partial charge in [0.15, 0.2) is 5.01 Å². The molecule has 3 aliphatic rings. The fraction of sp³-hybridized carbons (Fsp3) is 0.583. The number of carbonyl (C=O) groups is 2. The number of rotatable bonds is 8. The quantitative estimate of drug-likeness (QED) is 0.484. The SMILES string of the molecule is CC1CCCN1C(=O)c1nc(C(=O)NCC2(O)CC2)sc1-c1cnc(NCC2CC2)cc1C(F)(F)F. The zero-order chi connectivity index (χ0) is 25.7. The molecular formula is C24H28F3N5O3S. The molecule has 3 heterocycles. The number of carbonyl (C=O) groups excluding carboxylic acids is 2. The molecule has 194 valence electrons. The lowest BCUT2D eigenvalue weighted by Crippen LogP contribution is -2.35. The number of anilines is 1. The summed E-state index contributed by atoms with van der Waals surface area (Å²) in [7, 11) is 0. The van der Waals surface area contributed by atoms with E-state index >= 15 is 0 Å². The normalized spacial score (nSPS) is 20.9. The molecule has 2 aliphatic carbocycles. The monoisotopic (exact) mass is 523 g/mol. The standard InChI is InChI=1S/C24H28F3N5O3S/c1-13-3-2-8-32(13)22(34)18-19(36-21(31-18)20(33)30-12-23(35)6-7-23)15-11-29-17(28-10-14-4-5-14)9-16(15)24(25,26)27/h9,11,13-14,35H,2-8,10,12H2,1H3,(H,28,29)(H,30,33). The van der Waals surface area contributed by atoms with Crippen molar-refractivity contribution in [2.45, 2.75) is 63.3 Å². The molecular weight excluding hydrogens is 495 g/mol. The molecule has 3 N–H and O–H groups in total. The van der Waals surface area contributed by atoms with Crippen molar-refractivity contribution in [2.24, 2.45) is 5.92 Å². The van der Waals surface area contributed by atoms with Crippen LogP contribution in [0.5, 0.6) is 0 Å². The zero-order valence-electron chi connectivity index (χ0n) is 19.8. The van der Waals surface area contributed by atoms with Crippen LogP contribution in [0.1, 0.15) is 71.3 Å². The Kier molecular flexibility index (Phi) is 6.44. The summed E-state index contributed by atoms with van der Waals surface area (Å²) in [5, 5.41) is 15.4. The summed E-state index contributed by atoms with van der Waals surface area (Å²) >= 11 is 0.732. The summed E-state index contributed by atoms with van der Waals surface area (Å²) in [4.78, 5) is 36.1. The minimum Gasteiger partial charge on any atom is -0.388 e. The first-order valence-corrected chi connectivity index (χ1v) is 13.0. The van der Waals surface area contributed by atoms with Gasteiger partial charge in [-0.05, 0) is 57.4 Å². The van der Waals surface area contributed by atoms with Gasteiger partial charge in [-0.2, -0.15) is 13.2 Å². The highest BCUT2D eigenvalue weighted by Gasteiger charge is 2.41. The van der Waals surface area contributed by atoms with Crippen molar-refractivity contribution in [1.82, 2.24) is 20.2 Å².